The Kier molecular flexibility index (Phi) is 8.26. The van der Waals surface area contributed by atoms with E-state index in [1.165, 1.54) is 38.3 Å². The van der Waals surface area contributed by atoms with E-state index in [1.807, 2.05) is 0 Å². The zero-order valence-corrected chi connectivity index (χ0v) is 19.3. The zero-order valence-electron chi connectivity index (χ0n) is 19.3. The lowest BCUT2D eigenvalue weighted by molar-refractivity contribution is -0.159. The minimum absolute atomic E-state index is 0.195. The third-order valence-electron chi connectivity index (χ3n) is 6.88. The van der Waals surface area contributed by atoms with E-state index in [0.29, 0.717) is 6.17 Å². The molecule has 1 atom stereocenters. The molecule has 32 heavy (non-hydrogen) atoms. The fourth-order valence-corrected chi connectivity index (χ4v) is 5.23. The number of hydrogen-bond donors (Lipinski definition) is 0. The number of nitrogens with zero attached hydrogens (tertiary/aromatic N) is 5. The summed E-state index contributed by atoms with van der Waals surface area (Å²) in [5.41, 5.74) is 1.41. The Bertz CT molecular complexity index is 745. The van der Waals surface area contributed by atoms with Crippen molar-refractivity contribution < 1.29 is 14.3 Å². The highest BCUT2D eigenvalue weighted by Gasteiger charge is 2.32. The van der Waals surface area contributed by atoms with Gasteiger partial charge >= 0.3 is 11.9 Å². The fraction of sp³-hybridized carbons (Fsp3) is 0.667. The van der Waals surface area contributed by atoms with Crippen LogP contribution in [0.2, 0.25) is 0 Å². The number of hydrazine groups is 1. The molecule has 1 aromatic carbocycles. The second-order valence-corrected chi connectivity index (χ2v) is 9.12. The highest BCUT2D eigenvalue weighted by atomic mass is 16.6. The molecule has 176 valence electrons. The molecule has 0 bridgehead atoms. The third kappa shape index (κ3) is 6.36. The number of piperazine rings is 2. The van der Waals surface area contributed by atoms with E-state index in [2.05, 4.69) is 59.8 Å². The molecule has 3 aliphatic rings. The first-order chi connectivity index (χ1) is 15.6. The molecule has 0 spiro atoms. The van der Waals surface area contributed by atoms with Crippen molar-refractivity contribution in [3.8, 4) is 0 Å². The number of esters is 2. The summed E-state index contributed by atoms with van der Waals surface area (Å²) in [6, 6.07) is 10.8. The lowest BCUT2D eigenvalue weighted by atomic mass is 10.0. The average Bonchev–Trinajstić information content (AvgIpc) is 2.80. The molecule has 1 unspecified atom stereocenters. The first-order valence-electron chi connectivity index (χ1n) is 12.0. The van der Waals surface area contributed by atoms with Crippen LogP contribution in [0.4, 0.5) is 0 Å². The molecule has 3 fully saturated rings. The molecular formula is C24H37N5O3. The topological polar surface area (TPSA) is 59.6 Å². The van der Waals surface area contributed by atoms with Crippen LogP contribution >= 0.6 is 0 Å². The minimum Gasteiger partial charge on any atom is -0.392 e. The van der Waals surface area contributed by atoms with Gasteiger partial charge in [0.15, 0.2) is 0 Å². The van der Waals surface area contributed by atoms with E-state index < -0.39 is 11.9 Å². The van der Waals surface area contributed by atoms with Crippen molar-refractivity contribution in [3.05, 3.63) is 35.9 Å². The summed E-state index contributed by atoms with van der Waals surface area (Å²) in [4.78, 5) is 30.1. The molecule has 8 nitrogen and oxygen atoms in total. The Morgan fingerprint density at radius 2 is 1.53 bits per heavy atom. The zero-order chi connectivity index (χ0) is 22.3. The van der Waals surface area contributed by atoms with E-state index >= 15 is 0 Å². The molecule has 8 heteroatoms. The number of carbonyl (C=O) groups excluding carboxylic acids is 2. The molecule has 0 N–H and O–H groups in total. The number of rotatable bonds is 6. The Morgan fingerprint density at radius 3 is 2.19 bits per heavy atom. The molecule has 3 heterocycles. The Hall–Kier alpha value is -1.84. The van der Waals surface area contributed by atoms with Crippen molar-refractivity contribution in [2.45, 2.75) is 38.9 Å². The number of benzene rings is 1. The lowest BCUT2D eigenvalue weighted by Crippen LogP contribution is -2.62. The van der Waals surface area contributed by atoms with Crippen molar-refractivity contribution in [2.24, 2.45) is 0 Å². The monoisotopic (exact) mass is 443 g/mol. The van der Waals surface area contributed by atoms with Gasteiger partial charge in [0.05, 0.1) is 12.7 Å². The summed E-state index contributed by atoms with van der Waals surface area (Å²) in [7, 11) is 0. The van der Waals surface area contributed by atoms with Gasteiger partial charge in [-0.15, -0.1) is 0 Å². The first kappa shape index (κ1) is 23.3. The van der Waals surface area contributed by atoms with Crippen LogP contribution in [0.25, 0.3) is 0 Å². The fourth-order valence-electron chi connectivity index (χ4n) is 5.23. The number of carbonyl (C=O) groups is 2. The maximum absolute atomic E-state index is 11.7. The second kappa shape index (κ2) is 11.3. The summed E-state index contributed by atoms with van der Waals surface area (Å²) < 4.78 is 4.66. The van der Waals surface area contributed by atoms with Gasteiger partial charge in [-0.25, -0.2) is 10.0 Å². The van der Waals surface area contributed by atoms with Crippen LogP contribution in [-0.4, -0.2) is 108 Å². The van der Waals surface area contributed by atoms with Crippen molar-refractivity contribution >= 4 is 11.9 Å². The Balaban J connectivity index is 1.22. The highest BCUT2D eigenvalue weighted by molar-refractivity contribution is 5.85. The minimum atomic E-state index is -0.535. The third-order valence-corrected chi connectivity index (χ3v) is 6.88. The smallest absolute Gasteiger partial charge is 0.327 e. The SMILES string of the molecule is CC(=O)OC(=O)CN1CCN(N2CCN(C3CCCCN3Cc3ccccc3)CC2)CC1. The van der Waals surface area contributed by atoms with Gasteiger partial charge < -0.3 is 4.74 Å². The maximum Gasteiger partial charge on any atom is 0.327 e. The molecule has 0 aromatic heterocycles. The summed E-state index contributed by atoms with van der Waals surface area (Å²) in [6.07, 6.45) is 4.44. The van der Waals surface area contributed by atoms with Gasteiger partial charge in [-0.2, -0.15) is 0 Å². The van der Waals surface area contributed by atoms with Crippen LogP contribution in [0.3, 0.4) is 0 Å². The van der Waals surface area contributed by atoms with E-state index in [4.69, 9.17) is 0 Å². The number of ether oxygens (including phenoxy) is 1. The van der Waals surface area contributed by atoms with Crippen LogP contribution in [-0.2, 0) is 20.9 Å². The molecule has 1 aromatic rings. The Labute approximate surface area is 191 Å². The standard InChI is InChI=1S/C24H37N5O3/c1-21(30)32-24(31)20-25-11-15-28(16-12-25)29-17-13-26(14-18-29)23-9-5-6-10-27(23)19-22-7-3-2-4-8-22/h2-4,7-8,23H,5-6,9-20H2,1H3. The molecule has 4 rings (SSSR count). The van der Waals surface area contributed by atoms with E-state index in [0.717, 1.165) is 58.9 Å². The van der Waals surface area contributed by atoms with Gasteiger partial charge in [0.1, 0.15) is 0 Å². The largest absolute Gasteiger partial charge is 0.392 e. The van der Waals surface area contributed by atoms with Gasteiger partial charge in [0.2, 0.25) is 0 Å². The van der Waals surface area contributed by atoms with E-state index in [1.54, 1.807) is 0 Å². The predicted molar refractivity (Wildman–Crippen MR) is 122 cm³/mol. The van der Waals surface area contributed by atoms with E-state index in [-0.39, 0.29) is 6.54 Å². The van der Waals surface area contributed by atoms with Gasteiger partial charge in [-0.05, 0) is 31.4 Å². The van der Waals surface area contributed by atoms with Gasteiger partial charge in [-0.1, -0.05) is 30.3 Å². The van der Waals surface area contributed by atoms with Crippen LogP contribution in [0.1, 0.15) is 31.7 Å². The van der Waals surface area contributed by atoms with Crippen LogP contribution < -0.4 is 0 Å². The van der Waals surface area contributed by atoms with Crippen molar-refractivity contribution in [3.63, 3.8) is 0 Å². The van der Waals surface area contributed by atoms with Crippen molar-refractivity contribution in [1.29, 1.82) is 0 Å². The summed E-state index contributed by atoms with van der Waals surface area (Å²) in [5.74, 6) is -0.987. The number of piperidine rings is 1. The van der Waals surface area contributed by atoms with Gasteiger partial charge in [-0.3, -0.25) is 24.3 Å². The van der Waals surface area contributed by atoms with Crippen molar-refractivity contribution in [1.82, 2.24) is 24.7 Å². The molecule has 3 saturated heterocycles. The Morgan fingerprint density at radius 1 is 0.875 bits per heavy atom. The molecular weight excluding hydrogens is 406 g/mol. The molecule has 0 aliphatic carbocycles. The molecule has 3 aliphatic heterocycles. The first-order valence-corrected chi connectivity index (χ1v) is 12.0. The summed E-state index contributed by atoms with van der Waals surface area (Å²) >= 11 is 0. The van der Waals surface area contributed by atoms with Crippen LogP contribution in [0.15, 0.2) is 30.3 Å². The summed E-state index contributed by atoms with van der Waals surface area (Å²) in [6.45, 7) is 11.5. The molecule has 0 saturated carbocycles. The van der Waals surface area contributed by atoms with Crippen LogP contribution in [0.5, 0.6) is 0 Å². The second-order valence-electron chi connectivity index (χ2n) is 9.12. The normalized spacial score (nSPS) is 25.0. The molecule has 0 amide bonds. The summed E-state index contributed by atoms with van der Waals surface area (Å²) in [5, 5.41) is 4.93. The van der Waals surface area contributed by atoms with Crippen LogP contribution in [0, 0.1) is 0 Å². The lowest BCUT2D eigenvalue weighted by Gasteiger charge is -2.49. The quantitative estimate of drug-likeness (QED) is 0.481. The number of likely N-dealkylation sites (tertiary alicyclic amines) is 1. The van der Waals surface area contributed by atoms with Crippen molar-refractivity contribution in [2.75, 3.05) is 65.4 Å². The van der Waals surface area contributed by atoms with Gasteiger partial charge in [0.25, 0.3) is 0 Å². The molecule has 0 radical (unpaired) electrons. The van der Waals surface area contributed by atoms with Gasteiger partial charge in [0, 0.05) is 65.8 Å². The predicted octanol–water partition coefficient (Wildman–Crippen LogP) is 1.24. The average molecular weight is 444 g/mol. The van der Waals surface area contributed by atoms with E-state index in [9.17, 15) is 9.59 Å². The highest BCUT2D eigenvalue weighted by Crippen LogP contribution is 2.24. The maximum atomic E-state index is 11.7. The number of hydrogen-bond acceptors (Lipinski definition) is 8.